The lowest BCUT2D eigenvalue weighted by molar-refractivity contribution is 0.0963. The van der Waals surface area contributed by atoms with Crippen LogP contribution >= 0.6 is 11.6 Å². The molecule has 0 atom stereocenters. The normalized spacial score (nSPS) is 11.0. The van der Waals surface area contributed by atoms with Crippen molar-refractivity contribution >= 4 is 33.2 Å². The van der Waals surface area contributed by atoms with Gasteiger partial charge in [0, 0.05) is 12.6 Å². The monoisotopic (exact) mass is 324 g/mol. The second kappa shape index (κ2) is 6.15. The van der Waals surface area contributed by atoms with Crippen LogP contribution in [0.15, 0.2) is 53.4 Å². The molecule has 1 amide bonds. The van der Waals surface area contributed by atoms with Crippen molar-refractivity contribution in [3.8, 4) is 0 Å². The Hall–Kier alpha value is -2.05. The number of sulfonamides is 1. The third kappa shape index (κ3) is 3.53. The molecule has 2 aromatic carbocycles. The van der Waals surface area contributed by atoms with Crippen LogP contribution in [0.25, 0.3) is 0 Å². The summed E-state index contributed by atoms with van der Waals surface area (Å²) in [5.41, 5.74) is 0.568. The number of nitrogens with one attached hydrogen (secondary N) is 2. The lowest BCUT2D eigenvalue weighted by Crippen LogP contribution is -2.18. The van der Waals surface area contributed by atoms with Crippen molar-refractivity contribution in [1.29, 1.82) is 0 Å². The zero-order valence-electron chi connectivity index (χ0n) is 11.1. The van der Waals surface area contributed by atoms with Gasteiger partial charge in [0.1, 0.15) is 0 Å². The fourth-order valence-corrected chi connectivity index (χ4v) is 3.07. The van der Waals surface area contributed by atoms with Gasteiger partial charge in [-0.3, -0.25) is 9.52 Å². The largest absolute Gasteiger partial charge is 0.355 e. The second-order valence-corrected chi connectivity index (χ2v) is 6.28. The van der Waals surface area contributed by atoms with Crippen LogP contribution in [0, 0.1) is 0 Å². The van der Waals surface area contributed by atoms with Gasteiger partial charge in [0.15, 0.2) is 0 Å². The van der Waals surface area contributed by atoms with E-state index < -0.39 is 10.0 Å². The van der Waals surface area contributed by atoms with Crippen LogP contribution in [0.3, 0.4) is 0 Å². The summed E-state index contributed by atoms with van der Waals surface area (Å²) in [5, 5.41) is 2.61. The van der Waals surface area contributed by atoms with Crippen LogP contribution < -0.4 is 10.0 Å². The maximum atomic E-state index is 12.2. The van der Waals surface area contributed by atoms with Gasteiger partial charge in [0.05, 0.1) is 15.6 Å². The lowest BCUT2D eigenvalue weighted by atomic mass is 10.2. The first-order valence-corrected chi connectivity index (χ1v) is 7.89. The van der Waals surface area contributed by atoms with Gasteiger partial charge in [-0.2, -0.15) is 0 Å². The van der Waals surface area contributed by atoms with Crippen LogP contribution in [0.1, 0.15) is 10.4 Å². The van der Waals surface area contributed by atoms with Gasteiger partial charge in [0.2, 0.25) is 0 Å². The van der Waals surface area contributed by atoms with Crippen LogP contribution in [-0.4, -0.2) is 21.4 Å². The van der Waals surface area contributed by atoms with Crippen LogP contribution in [0.4, 0.5) is 5.69 Å². The van der Waals surface area contributed by atoms with E-state index in [0.29, 0.717) is 5.56 Å². The third-order valence-electron chi connectivity index (χ3n) is 2.76. The molecular formula is C14H13ClN2O3S. The fourth-order valence-electron chi connectivity index (χ4n) is 1.69. The first-order chi connectivity index (χ1) is 9.94. The molecule has 2 N–H and O–H groups in total. The number of hydrogen-bond donors (Lipinski definition) is 2. The molecule has 0 saturated carbocycles. The first kappa shape index (κ1) is 15.3. The highest BCUT2D eigenvalue weighted by atomic mass is 35.5. The van der Waals surface area contributed by atoms with E-state index in [-0.39, 0.29) is 21.5 Å². The maximum absolute atomic E-state index is 12.2. The van der Waals surface area contributed by atoms with Crippen LogP contribution in [0.5, 0.6) is 0 Å². The van der Waals surface area contributed by atoms with E-state index in [2.05, 4.69) is 10.0 Å². The second-order valence-electron chi connectivity index (χ2n) is 4.19. The fraction of sp³-hybridized carbons (Fsp3) is 0.0714. The number of rotatable bonds is 4. The summed E-state index contributed by atoms with van der Waals surface area (Å²) in [6, 6.07) is 12.3. The summed E-state index contributed by atoms with van der Waals surface area (Å²) in [5.74, 6) is -0.297. The maximum Gasteiger partial charge on any atom is 0.261 e. The molecule has 0 heterocycles. The number of hydrogen-bond acceptors (Lipinski definition) is 3. The van der Waals surface area contributed by atoms with E-state index in [1.165, 1.54) is 37.4 Å². The lowest BCUT2D eigenvalue weighted by Gasteiger charge is -2.10. The Kier molecular flexibility index (Phi) is 4.50. The zero-order chi connectivity index (χ0) is 15.5. The quantitative estimate of drug-likeness (QED) is 0.907. The summed E-state index contributed by atoms with van der Waals surface area (Å²) in [7, 11) is -2.21. The van der Waals surface area contributed by atoms with E-state index in [1.54, 1.807) is 18.2 Å². The van der Waals surface area contributed by atoms with E-state index in [4.69, 9.17) is 11.6 Å². The van der Waals surface area contributed by atoms with Crippen molar-refractivity contribution in [3.05, 3.63) is 59.1 Å². The van der Waals surface area contributed by atoms with E-state index >= 15 is 0 Å². The van der Waals surface area contributed by atoms with Gasteiger partial charge in [-0.25, -0.2) is 8.42 Å². The summed E-state index contributed by atoms with van der Waals surface area (Å²) in [6.07, 6.45) is 0. The SMILES string of the molecule is CNC(=O)c1ccc(NS(=O)(=O)c2ccccc2)c(Cl)c1. The van der Waals surface area contributed by atoms with Gasteiger partial charge in [-0.1, -0.05) is 29.8 Å². The Morgan fingerprint density at radius 3 is 2.33 bits per heavy atom. The molecule has 0 saturated heterocycles. The molecule has 0 spiro atoms. The highest BCUT2D eigenvalue weighted by Crippen LogP contribution is 2.25. The van der Waals surface area contributed by atoms with Gasteiger partial charge >= 0.3 is 0 Å². The number of halogens is 1. The van der Waals surface area contributed by atoms with Crippen molar-refractivity contribution in [2.75, 3.05) is 11.8 Å². The van der Waals surface area contributed by atoms with Crippen molar-refractivity contribution in [1.82, 2.24) is 5.32 Å². The highest BCUT2D eigenvalue weighted by molar-refractivity contribution is 7.92. The molecule has 0 aliphatic carbocycles. The van der Waals surface area contributed by atoms with Crippen molar-refractivity contribution < 1.29 is 13.2 Å². The Morgan fingerprint density at radius 1 is 1.10 bits per heavy atom. The Morgan fingerprint density at radius 2 is 1.76 bits per heavy atom. The topological polar surface area (TPSA) is 75.3 Å². The predicted octanol–water partition coefficient (Wildman–Crippen LogP) is 2.50. The zero-order valence-corrected chi connectivity index (χ0v) is 12.7. The molecule has 7 heteroatoms. The summed E-state index contributed by atoms with van der Waals surface area (Å²) >= 11 is 6.02. The molecule has 0 unspecified atom stereocenters. The minimum Gasteiger partial charge on any atom is -0.355 e. The molecule has 2 aromatic rings. The highest BCUT2D eigenvalue weighted by Gasteiger charge is 2.16. The molecular weight excluding hydrogens is 312 g/mol. The minimum atomic E-state index is -3.71. The molecule has 0 aromatic heterocycles. The van der Waals surface area contributed by atoms with E-state index in [9.17, 15) is 13.2 Å². The Balaban J connectivity index is 2.30. The number of carbonyl (C=O) groups is 1. The number of benzene rings is 2. The molecule has 5 nitrogen and oxygen atoms in total. The number of amides is 1. The smallest absolute Gasteiger partial charge is 0.261 e. The average Bonchev–Trinajstić information content (AvgIpc) is 2.49. The van der Waals surface area contributed by atoms with Gasteiger partial charge in [0.25, 0.3) is 15.9 Å². The van der Waals surface area contributed by atoms with E-state index in [0.717, 1.165) is 0 Å². The minimum absolute atomic E-state index is 0.136. The van der Waals surface area contributed by atoms with Gasteiger partial charge < -0.3 is 5.32 Å². The standard InChI is InChI=1S/C14H13ClN2O3S/c1-16-14(18)10-7-8-13(12(15)9-10)17-21(19,20)11-5-3-2-4-6-11/h2-9,17H,1H3,(H,16,18). The molecule has 0 bridgehead atoms. The molecule has 0 radical (unpaired) electrons. The summed E-state index contributed by atoms with van der Waals surface area (Å²) in [6.45, 7) is 0. The number of anilines is 1. The summed E-state index contributed by atoms with van der Waals surface area (Å²) < 4.78 is 26.8. The Bertz CT molecular complexity index is 761. The molecule has 0 aliphatic rings. The first-order valence-electron chi connectivity index (χ1n) is 6.03. The molecule has 21 heavy (non-hydrogen) atoms. The van der Waals surface area contributed by atoms with Gasteiger partial charge in [-0.05, 0) is 30.3 Å². The van der Waals surface area contributed by atoms with E-state index in [1.807, 2.05) is 0 Å². The molecule has 0 fully saturated rings. The predicted molar refractivity (Wildman–Crippen MR) is 82.1 cm³/mol. The van der Waals surface area contributed by atoms with Crippen LogP contribution in [-0.2, 0) is 10.0 Å². The molecule has 0 aliphatic heterocycles. The molecule has 2 rings (SSSR count). The van der Waals surface area contributed by atoms with Crippen molar-refractivity contribution in [2.24, 2.45) is 0 Å². The number of carbonyl (C=O) groups excluding carboxylic acids is 1. The van der Waals surface area contributed by atoms with Crippen LogP contribution in [0.2, 0.25) is 5.02 Å². The average molecular weight is 325 g/mol. The Labute approximate surface area is 128 Å². The third-order valence-corrected chi connectivity index (χ3v) is 4.45. The van der Waals surface area contributed by atoms with Crippen molar-refractivity contribution in [2.45, 2.75) is 4.90 Å². The molecule has 110 valence electrons. The van der Waals surface area contributed by atoms with Gasteiger partial charge in [-0.15, -0.1) is 0 Å². The summed E-state index contributed by atoms with van der Waals surface area (Å²) in [4.78, 5) is 11.6. The van der Waals surface area contributed by atoms with Crippen molar-refractivity contribution in [3.63, 3.8) is 0 Å².